The fraction of sp³-hybridized carbons (Fsp3) is 0.889. The minimum Gasteiger partial charge on any atom is -0.339 e. The van der Waals surface area contributed by atoms with Gasteiger partial charge in [-0.25, -0.2) is 0 Å². The zero-order valence-electron chi connectivity index (χ0n) is 7.55. The lowest BCUT2D eigenvalue weighted by atomic mass is 9.89. The fourth-order valence-corrected chi connectivity index (χ4v) is 1.85. The predicted molar refractivity (Wildman–Crippen MR) is 46.5 cm³/mol. The Morgan fingerprint density at radius 1 is 1.67 bits per heavy atom. The van der Waals surface area contributed by atoms with Gasteiger partial charge in [0.1, 0.15) is 0 Å². The van der Waals surface area contributed by atoms with Crippen molar-refractivity contribution in [2.45, 2.75) is 32.2 Å². The van der Waals surface area contributed by atoms with Gasteiger partial charge in [-0.05, 0) is 26.2 Å². The zero-order chi connectivity index (χ0) is 8.77. The van der Waals surface area contributed by atoms with E-state index in [1.54, 1.807) is 0 Å². The van der Waals surface area contributed by atoms with E-state index in [1.807, 2.05) is 11.8 Å². The topological polar surface area (TPSA) is 46.3 Å². The van der Waals surface area contributed by atoms with Crippen LogP contribution in [0.5, 0.6) is 0 Å². The third-order valence-electron chi connectivity index (χ3n) is 3.12. The summed E-state index contributed by atoms with van der Waals surface area (Å²) >= 11 is 0. The molecule has 0 bridgehead atoms. The van der Waals surface area contributed by atoms with E-state index < -0.39 is 0 Å². The summed E-state index contributed by atoms with van der Waals surface area (Å²) in [6.45, 7) is 3.41. The van der Waals surface area contributed by atoms with Gasteiger partial charge < -0.3 is 10.6 Å². The minimum atomic E-state index is -0.247. The van der Waals surface area contributed by atoms with Crippen LogP contribution in [-0.2, 0) is 4.79 Å². The summed E-state index contributed by atoms with van der Waals surface area (Å²) in [4.78, 5) is 13.8. The second-order valence-electron chi connectivity index (χ2n) is 4.24. The molecule has 0 aromatic heterocycles. The molecule has 2 N–H and O–H groups in total. The van der Waals surface area contributed by atoms with Crippen LogP contribution in [0.2, 0.25) is 0 Å². The van der Waals surface area contributed by atoms with Crippen LogP contribution in [0.3, 0.4) is 0 Å². The number of rotatable bonds is 2. The first kappa shape index (κ1) is 8.05. The summed E-state index contributed by atoms with van der Waals surface area (Å²) in [6.07, 6.45) is 3.34. The lowest BCUT2D eigenvalue weighted by Crippen LogP contribution is -2.38. The molecule has 1 saturated carbocycles. The van der Waals surface area contributed by atoms with Crippen LogP contribution < -0.4 is 5.73 Å². The number of nitrogens with two attached hydrogens (primary N) is 1. The summed E-state index contributed by atoms with van der Waals surface area (Å²) in [5.41, 5.74) is 5.35. The molecule has 0 spiro atoms. The Hall–Kier alpha value is -0.570. The van der Waals surface area contributed by atoms with E-state index in [1.165, 1.54) is 12.8 Å². The van der Waals surface area contributed by atoms with E-state index in [9.17, 15) is 4.79 Å². The van der Waals surface area contributed by atoms with E-state index in [2.05, 4.69) is 0 Å². The number of carbonyl (C=O) groups is 1. The van der Waals surface area contributed by atoms with E-state index >= 15 is 0 Å². The Labute approximate surface area is 72.9 Å². The molecule has 0 aromatic carbocycles. The number of carbonyl (C=O) groups excluding carboxylic acids is 1. The van der Waals surface area contributed by atoms with Crippen molar-refractivity contribution < 1.29 is 4.79 Å². The van der Waals surface area contributed by atoms with E-state index in [0.29, 0.717) is 12.6 Å². The maximum absolute atomic E-state index is 11.8. The Morgan fingerprint density at radius 3 is 2.75 bits per heavy atom. The highest BCUT2D eigenvalue weighted by molar-refractivity contribution is 5.85. The summed E-state index contributed by atoms with van der Waals surface area (Å²) in [6, 6.07) is 0.561. The summed E-state index contributed by atoms with van der Waals surface area (Å²) in [5, 5.41) is 0. The molecule has 1 heterocycles. The predicted octanol–water partition coefficient (Wildman–Crippen LogP) is 0.346. The number of likely N-dealkylation sites (tertiary alicyclic amines) is 1. The molecule has 12 heavy (non-hydrogen) atoms. The molecule has 1 unspecified atom stereocenters. The molecule has 3 nitrogen and oxygen atoms in total. The van der Waals surface area contributed by atoms with Crippen molar-refractivity contribution in [2.75, 3.05) is 13.1 Å². The molecule has 1 amide bonds. The summed E-state index contributed by atoms with van der Waals surface area (Å²) < 4.78 is 0. The van der Waals surface area contributed by atoms with E-state index in [0.717, 1.165) is 13.0 Å². The number of hydrogen-bond donors (Lipinski definition) is 1. The fourth-order valence-electron chi connectivity index (χ4n) is 1.85. The second-order valence-corrected chi connectivity index (χ2v) is 4.24. The first-order valence-electron chi connectivity index (χ1n) is 4.68. The van der Waals surface area contributed by atoms with Gasteiger partial charge in [-0.15, -0.1) is 0 Å². The van der Waals surface area contributed by atoms with Gasteiger partial charge in [-0.1, -0.05) is 0 Å². The van der Waals surface area contributed by atoms with Crippen LogP contribution in [0, 0.1) is 5.41 Å². The van der Waals surface area contributed by atoms with Crippen molar-refractivity contribution in [3.8, 4) is 0 Å². The molecule has 1 saturated heterocycles. The highest BCUT2D eigenvalue weighted by Gasteiger charge is 2.46. The quantitative estimate of drug-likeness (QED) is 0.646. The molecule has 0 radical (unpaired) electrons. The standard InChI is InChI=1S/C9H16N2O/c1-9(6-10)4-5-11(8(9)12)7-2-3-7/h7H,2-6,10H2,1H3. The van der Waals surface area contributed by atoms with Gasteiger partial charge in [0.05, 0.1) is 5.41 Å². The van der Waals surface area contributed by atoms with Crippen LogP contribution >= 0.6 is 0 Å². The summed E-state index contributed by atoms with van der Waals surface area (Å²) in [7, 11) is 0. The van der Waals surface area contributed by atoms with Crippen molar-refractivity contribution in [1.82, 2.24) is 4.90 Å². The monoisotopic (exact) mass is 168 g/mol. The van der Waals surface area contributed by atoms with Crippen LogP contribution in [0.15, 0.2) is 0 Å². The largest absolute Gasteiger partial charge is 0.339 e. The first-order chi connectivity index (χ1) is 5.67. The van der Waals surface area contributed by atoms with Gasteiger partial charge in [0.15, 0.2) is 0 Å². The van der Waals surface area contributed by atoms with Crippen LogP contribution in [0.1, 0.15) is 26.2 Å². The summed E-state index contributed by atoms with van der Waals surface area (Å²) in [5.74, 6) is 0.285. The molecular weight excluding hydrogens is 152 g/mol. The van der Waals surface area contributed by atoms with Gasteiger partial charge in [-0.3, -0.25) is 4.79 Å². The van der Waals surface area contributed by atoms with Crippen molar-refractivity contribution >= 4 is 5.91 Å². The molecule has 3 heteroatoms. The Bertz CT molecular complexity index is 213. The lowest BCUT2D eigenvalue weighted by molar-refractivity contribution is -0.135. The maximum atomic E-state index is 11.8. The molecule has 0 aromatic rings. The zero-order valence-corrected chi connectivity index (χ0v) is 7.55. The first-order valence-corrected chi connectivity index (χ1v) is 4.68. The minimum absolute atomic E-state index is 0.247. The van der Waals surface area contributed by atoms with Gasteiger partial charge >= 0.3 is 0 Å². The molecule has 2 fully saturated rings. The normalized spacial score (nSPS) is 36.2. The Morgan fingerprint density at radius 2 is 2.33 bits per heavy atom. The van der Waals surface area contributed by atoms with Crippen molar-refractivity contribution in [2.24, 2.45) is 11.1 Å². The average molecular weight is 168 g/mol. The van der Waals surface area contributed by atoms with Crippen molar-refractivity contribution in [3.05, 3.63) is 0 Å². The molecule has 2 rings (SSSR count). The maximum Gasteiger partial charge on any atom is 0.230 e. The third-order valence-corrected chi connectivity index (χ3v) is 3.12. The van der Waals surface area contributed by atoms with Gasteiger partial charge in [0.2, 0.25) is 5.91 Å². The van der Waals surface area contributed by atoms with Crippen molar-refractivity contribution in [3.63, 3.8) is 0 Å². The van der Waals surface area contributed by atoms with E-state index in [-0.39, 0.29) is 11.3 Å². The highest BCUT2D eigenvalue weighted by atomic mass is 16.2. The molecule has 1 aliphatic carbocycles. The van der Waals surface area contributed by atoms with Crippen LogP contribution in [0.25, 0.3) is 0 Å². The molecule has 68 valence electrons. The second kappa shape index (κ2) is 2.46. The van der Waals surface area contributed by atoms with Crippen LogP contribution in [-0.4, -0.2) is 29.9 Å². The Kier molecular flexibility index (Phi) is 1.65. The average Bonchev–Trinajstić information content (AvgIpc) is 2.84. The third kappa shape index (κ3) is 1.04. The van der Waals surface area contributed by atoms with E-state index in [4.69, 9.17) is 5.73 Å². The molecule has 1 atom stereocenters. The van der Waals surface area contributed by atoms with Gasteiger partial charge in [-0.2, -0.15) is 0 Å². The lowest BCUT2D eigenvalue weighted by Gasteiger charge is -2.21. The Balaban J connectivity index is 2.09. The molecular formula is C9H16N2O. The van der Waals surface area contributed by atoms with Crippen LogP contribution in [0.4, 0.5) is 0 Å². The van der Waals surface area contributed by atoms with Gasteiger partial charge in [0, 0.05) is 19.1 Å². The molecule has 1 aliphatic heterocycles. The smallest absolute Gasteiger partial charge is 0.230 e. The van der Waals surface area contributed by atoms with Gasteiger partial charge in [0.25, 0.3) is 0 Å². The number of amides is 1. The number of nitrogens with zero attached hydrogens (tertiary/aromatic N) is 1. The molecule has 2 aliphatic rings. The number of hydrogen-bond acceptors (Lipinski definition) is 2. The highest BCUT2D eigenvalue weighted by Crippen LogP contribution is 2.37. The van der Waals surface area contributed by atoms with Crippen molar-refractivity contribution in [1.29, 1.82) is 0 Å². The SMILES string of the molecule is CC1(CN)CCN(C2CC2)C1=O.